The molecule has 1 rings (SSSR count). The molecule has 0 spiro atoms. The Morgan fingerprint density at radius 1 is 1.78 bits per heavy atom. The van der Waals surface area contributed by atoms with Gasteiger partial charge < -0.3 is 0 Å². The molecule has 9 heavy (non-hydrogen) atoms. The van der Waals surface area contributed by atoms with Crippen molar-refractivity contribution >= 4 is 0 Å². The molecule has 2 nitrogen and oxygen atoms in total. The molecule has 0 aromatic rings. The minimum Gasteiger partial charge on any atom is -0.283 e. The third-order valence-corrected chi connectivity index (χ3v) is 1.26. The molecule has 1 heterocycles. The summed E-state index contributed by atoms with van der Waals surface area (Å²) < 4.78 is 0. The highest BCUT2D eigenvalue weighted by molar-refractivity contribution is 5.21. The Labute approximate surface area is 54.7 Å². The van der Waals surface area contributed by atoms with Crippen molar-refractivity contribution in [3.63, 3.8) is 0 Å². The Hall–Kier alpha value is -1.23. The van der Waals surface area contributed by atoms with E-state index in [0.29, 0.717) is 0 Å². The SMILES string of the molecule is CC1=CCN(C#N)C=C1. The Morgan fingerprint density at radius 2 is 2.56 bits per heavy atom. The Bertz CT molecular complexity index is 195. The molecule has 46 valence electrons. The van der Waals surface area contributed by atoms with Crippen LogP contribution in [0.2, 0.25) is 0 Å². The van der Waals surface area contributed by atoms with Gasteiger partial charge in [0.25, 0.3) is 0 Å². The van der Waals surface area contributed by atoms with E-state index < -0.39 is 0 Å². The van der Waals surface area contributed by atoms with Crippen molar-refractivity contribution in [1.29, 1.82) is 5.26 Å². The fourth-order valence-corrected chi connectivity index (χ4v) is 0.653. The number of hydrogen-bond donors (Lipinski definition) is 0. The second-order valence-corrected chi connectivity index (χ2v) is 2.02. The summed E-state index contributed by atoms with van der Waals surface area (Å²) in [7, 11) is 0. The van der Waals surface area contributed by atoms with Gasteiger partial charge in [-0.05, 0) is 13.0 Å². The van der Waals surface area contributed by atoms with E-state index in [1.54, 1.807) is 11.1 Å². The summed E-state index contributed by atoms with van der Waals surface area (Å²) in [6.45, 7) is 2.74. The van der Waals surface area contributed by atoms with Gasteiger partial charge in [-0.25, -0.2) is 0 Å². The van der Waals surface area contributed by atoms with Crippen LogP contribution < -0.4 is 0 Å². The highest BCUT2D eigenvalue weighted by Crippen LogP contribution is 2.03. The van der Waals surface area contributed by atoms with Gasteiger partial charge in [-0.1, -0.05) is 11.6 Å². The maximum atomic E-state index is 8.37. The summed E-state index contributed by atoms with van der Waals surface area (Å²) in [4.78, 5) is 1.58. The first-order valence-corrected chi connectivity index (χ1v) is 2.84. The normalized spacial score (nSPS) is 16.9. The number of allylic oxidation sites excluding steroid dienone is 2. The molecule has 0 atom stereocenters. The van der Waals surface area contributed by atoms with E-state index in [-0.39, 0.29) is 0 Å². The van der Waals surface area contributed by atoms with Crippen LogP contribution in [0.1, 0.15) is 6.92 Å². The van der Waals surface area contributed by atoms with Crippen LogP contribution in [0.4, 0.5) is 0 Å². The molecule has 0 aromatic heterocycles. The summed E-state index contributed by atoms with van der Waals surface area (Å²) in [5.74, 6) is 0. The van der Waals surface area contributed by atoms with Gasteiger partial charge in [0, 0.05) is 6.20 Å². The molecule has 0 N–H and O–H groups in total. The average Bonchev–Trinajstić information content (AvgIpc) is 1.90. The van der Waals surface area contributed by atoms with Gasteiger partial charge in [-0.15, -0.1) is 0 Å². The van der Waals surface area contributed by atoms with Crippen molar-refractivity contribution in [2.24, 2.45) is 0 Å². The smallest absolute Gasteiger partial charge is 0.184 e. The van der Waals surface area contributed by atoms with Gasteiger partial charge in [-0.2, -0.15) is 5.26 Å². The average molecular weight is 120 g/mol. The standard InChI is InChI=1S/C7H8N2/c1-7-2-4-9(6-8)5-3-7/h2-4H,5H2,1H3. The van der Waals surface area contributed by atoms with E-state index in [1.807, 2.05) is 25.3 Å². The summed E-state index contributed by atoms with van der Waals surface area (Å²) in [5, 5.41) is 8.37. The van der Waals surface area contributed by atoms with Gasteiger partial charge >= 0.3 is 0 Å². The van der Waals surface area contributed by atoms with E-state index in [9.17, 15) is 0 Å². The quantitative estimate of drug-likeness (QED) is 0.450. The summed E-state index contributed by atoms with van der Waals surface area (Å²) in [6, 6.07) is 0. The van der Waals surface area contributed by atoms with Crippen molar-refractivity contribution in [1.82, 2.24) is 4.90 Å². The molecule has 0 radical (unpaired) electrons. The summed E-state index contributed by atoms with van der Waals surface area (Å²) >= 11 is 0. The van der Waals surface area contributed by atoms with Gasteiger partial charge in [-0.3, -0.25) is 4.90 Å². The van der Waals surface area contributed by atoms with E-state index in [0.717, 1.165) is 6.54 Å². The molecule has 0 aliphatic carbocycles. The largest absolute Gasteiger partial charge is 0.283 e. The zero-order valence-electron chi connectivity index (χ0n) is 5.33. The molecular formula is C7H8N2. The number of rotatable bonds is 0. The molecule has 0 saturated heterocycles. The zero-order chi connectivity index (χ0) is 6.69. The van der Waals surface area contributed by atoms with Crippen LogP contribution in [0, 0.1) is 11.5 Å². The van der Waals surface area contributed by atoms with Gasteiger partial charge in [0.2, 0.25) is 0 Å². The maximum Gasteiger partial charge on any atom is 0.184 e. The van der Waals surface area contributed by atoms with Crippen molar-refractivity contribution in [2.75, 3.05) is 6.54 Å². The van der Waals surface area contributed by atoms with Gasteiger partial charge in [0.15, 0.2) is 6.19 Å². The summed E-state index contributed by atoms with van der Waals surface area (Å²) in [5.41, 5.74) is 1.22. The third-order valence-electron chi connectivity index (χ3n) is 1.26. The molecule has 0 saturated carbocycles. The molecule has 0 aromatic carbocycles. The molecular weight excluding hydrogens is 112 g/mol. The van der Waals surface area contributed by atoms with E-state index in [1.165, 1.54) is 5.57 Å². The molecule has 0 amide bonds. The lowest BCUT2D eigenvalue weighted by Crippen LogP contribution is -2.12. The molecule has 0 fully saturated rings. The van der Waals surface area contributed by atoms with Crippen LogP contribution >= 0.6 is 0 Å². The van der Waals surface area contributed by atoms with Crippen LogP contribution in [0.25, 0.3) is 0 Å². The van der Waals surface area contributed by atoms with E-state index in [2.05, 4.69) is 0 Å². The lowest BCUT2D eigenvalue weighted by Gasteiger charge is -2.10. The molecule has 0 bridgehead atoms. The lowest BCUT2D eigenvalue weighted by atomic mass is 10.2. The Balaban J connectivity index is 2.61. The number of nitrogens with zero attached hydrogens (tertiary/aromatic N) is 2. The lowest BCUT2D eigenvalue weighted by molar-refractivity contribution is 0.577. The second kappa shape index (κ2) is 2.36. The monoisotopic (exact) mass is 120 g/mol. The van der Waals surface area contributed by atoms with Crippen LogP contribution in [0.15, 0.2) is 23.9 Å². The number of hydrogen-bond acceptors (Lipinski definition) is 2. The third kappa shape index (κ3) is 1.33. The van der Waals surface area contributed by atoms with Crippen LogP contribution in [0.5, 0.6) is 0 Å². The van der Waals surface area contributed by atoms with Crippen molar-refractivity contribution in [3.8, 4) is 6.19 Å². The zero-order valence-corrected chi connectivity index (χ0v) is 5.33. The van der Waals surface area contributed by atoms with Crippen molar-refractivity contribution in [3.05, 3.63) is 23.9 Å². The number of nitriles is 1. The van der Waals surface area contributed by atoms with Gasteiger partial charge in [0.05, 0.1) is 6.54 Å². The second-order valence-electron chi connectivity index (χ2n) is 2.02. The van der Waals surface area contributed by atoms with Crippen LogP contribution in [-0.2, 0) is 0 Å². The summed E-state index contributed by atoms with van der Waals surface area (Å²) in [6.07, 6.45) is 7.75. The van der Waals surface area contributed by atoms with Crippen LogP contribution in [-0.4, -0.2) is 11.4 Å². The van der Waals surface area contributed by atoms with Crippen molar-refractivity contribution in [2.45, 2.75) is 6.92 Å². The Morgan fingerprint density at radius 3 is 3.00 bits per heavy atom. The Kier molecular flexibility index (Phi) is 1.55. The predicted octanol–water partition coefficient (Wildman–Crippen LogP) is 1.24. The maximum absolute atomic E-state index is 8.37. The fraction of sp³-hybridized carbons (Fsp3) is 0.286. The highest BCUT2D eigenvalue weighted by Gasteiger charge is 1.97. The molecule has 1 aliphatic heterocycles. The predicted molar refractivity (Wildman–Crippen MR) is 35.2 cm³/mol. The topological polar surface area (TPSA) is 27.0 Å². The molecule has 2 heteroatoms. The van der Waals surface area contributed by atoms with Crippen LogP contribution in [0.3, 0.4) is 0 Å². The fourth-order valence-electron chi connectivity index (χ4n) is 0.653. The van der Waals surface area contributed by atoms with E-state index >= 15 is 0 Å². The highest BCUT2D eigenvalue weighted by atomic mass is 15.1. The minimum atomic E-state index is 0.721. The van der Waals surface area contributed by atoms with E-state index in [4.69, 9.17) is 5.26 Å². The first kappa shape index (κ1) is 5.90. The van der Waals surface area contributed by atoms with Gasteiger partial charge in [0.1, 0.15) is 0 Å². The minimum absolute atomic E-state index is 0.721. The molecule has 1 aliphatic rings. The first-order valence-electron chi connectivity index (χ1n) is 2.84. The first-order chi connectivity index (χ1) is 4.33. The van der Waals surface area contributed by atoms with Crippen molar-refractivity contribution < 1.29 is 0 Å². The molecule has 0 unspecified atom stereocenters.